The van der Waals surface area contributed by atoms with Crippen LogP contribution < -0.4 is 10.6 Å². The van der Waals surface area contributed by atoms with Crippen LogP contribution in [0.4, 0.5) is 11.4 Å². The number of nitrogens with one attached hydrogen (secondary N) is 2. The summed E-state index contributed by atoms with van der Waals surface area (Å²) in [6.45, 7) is 3.13. The van der Waals surface area contributed by atoms with Gasteiger partial charge in [0.1, 0.15) is 0 Å². The van der Waals surface area contributed by atoms with Crippen molar-refractivity contribution >= 4 is 45.4 Å². The van der Waals surface area contributed by atoms with Crippen LogP contribution >= 0.6 is 0 Å². The molecule has 1 saturated heterocycles. The predicted molar refractivity (Wildman–Crippen MR) is 151 cm³/mol. The number of hydrogen-bond donors (Lipinski definition) is 3. The number of carboxylic acid groups (broad SMARTS) is 1. The summed E-state index contributed by atoms with van der Waals surface area (Å²) in [6, 6.07) is 21.2. The molecular formula is C31H30N4O3. The number of aromatic carboxylic acids is 1. The van der Waals surface area contributed by atoms with E-state index in [0.29, 0.717) is 22.5 Å². The maximum atomic E-state index is 13.3. The Labute approximate surface area is 221 Å². The maximum absolute atomic E-state index is 13.3. The highest BCUT2D eigenvalue weighted by Crippen LogP contribution is 2.39. The van der Waals surface area contributed by atoms with Gasteiger partial charge in [-0.3, -0.25) is 9.69 Å². The lowest BCUT2D eigenvalue weighted by Gasteiger charge is -2.26. The van der Waals surface area contributed by atoms with E-state index in [1.807, 2.05) is 43.6 Å². The maximum Gasteiger partial charge on any atom is 0.335 e. The number of carboxylic acids is 1. The first-order valence-corrected chi connectivity index (χ1v) is 13.0. The molecule has 0 saturated carbocycles. The second-order valence-corrected chi connectivity index (χ2v) is 10.1. The van der Waals surface area contributed by atoms with Crippen LogP contribution in [0.1, 0.15) is 46.3 Å². The van der Waals surface area contributed by atoms with Gasteiger partial charge >= 0.3 is 5.97 Å². The van der Waals surface area contributed by atoms with Gasteiger partial charge in [-0.2, -0.15) is 0 Å². The Morgan fingerprint density at radius 1 is 0.974 bits per heavy atom. The van der Waals surface area contributed by atoms with E-state index in [1.54, 1.807) is 12.1 Å². The molecule has 0 unspecified atom stereocenters. The van der Waals surface area contributed by atoms with Gasteiger partial charge in [-0.1, -0.05) is 24.6 Å². The van der Waals surface area contributed by atoms with E-state index in [9.17, 15) is 14.7 Å². The molecule has 3 aromatic carbocycles. The summed E-state index contributed by atoms with van der Waals surface area (Å²) < 4.78 is 2.06. The van der Waals surface area contributed by atoms with E-state index in [4.69, 9.17) is 0 Å². The first-order chi connectivity index (χ1) is 18.5. The lowest BCUT2D eigenvalue weighted by atomic mass is 9.97. The Morgan fingerprint density at radius 3 is 2.61 bits per heavy atom. The number of rotatable bonds is 6. The largest absolute Gasteiger partial charge is 0.478 e. The van der Waals surface area contributed by atoms with Crippen molar-refractivity contribution in [2.24, 2.45) is 7.05 Å². The van der Waals surface area contributed by atoms with E-state index in [2.05, 4.69) is 38.3 Å². The number of amides is 1. The highest BCUT2D eigenvalue weighted by Gasteiger charge is 2.29. The molecule has 4 aromatic rings. The summed E-state index contributed by atoms with van der Waals surface area (Å²) in [5.41, 5.74) is 6.43. The summed E-state index contributed by atoms with van der Waals surface area (Å²) in [7, 11) is 2.00. The molecule has 3 N–H and O–H groups in total. The molecule has 0 bridgehead atoms. The van der Waals surface area contributed by atoms with Crippen LogP contribution in [0.5, 0.6) is 0 Å². The first kappa shape index (κ1) is 24.0. The Bertz CT molecular complexity index is 1590. The van der Waals surface area contributed by atoms with Crippen molar-refractivity contribution in [2.45, 2.75) is 25.8 Å². The Hall–Kier alpha value is -4.36. The van der Waals surface area contributed by atoms with Gasteiger partial charge in [0.25, 0.3) is 5.91 Å². The number of benzene rings is 3. The van der Waals surface area contributed by atoms with Crippen LogP contribution in [0.15, 0.2) is 72.9 Å². The van der Waals surface area contributed by atoms with E-state index in [-0.39, 0.29) is 11.5 Å². The number of piperidine rings is 1. The van der Waals surface area contributed by atoms with E-state index < -0.39 is 5.97 Å². The van der Waals surface area contributed by atoms with E-state index >= 15 is 0 Å². The van der Waals surface area contributed by atoms with Gasteiger partial charge in [0.05, 0.1) is 16.8 Å². The van der Waals surface area contributed by atoms with Crippen molar-refractivity contribution in [1.29, 1.82) is 0 Å². The molecule has 192 valence electrons. The zero-order valence-corrected chi connectivity index (χ0v) is 21.3. The lowest BCUT2D eigenvalue weighted by molar-refractivity contribution is -0.110. The molecule has 1 aromatic heterocycles. The number of aryl methyl sites for hydroxylation is 1. The summed E-state index contributed by atoms with van der Waals surface area (Å²) in [6.07, 6.45) is 5.79. The number of carbonyl (C=O) groups is 2. The summed E-state index contributed by atoms with van der Waals surface area (Å²) >= 11 is 0. The van der Waals surface area contributed by atoms with Crippen LogP contribution in [-0.4, -0.2) is 39.5 Å². The predicted octanol–water partition coefficient (Wildman–Crippen LogP) is 5.79. The standard InChI is InChI=1S/C31H30N4O3/c1-34-15-12-21-17-22(9-11-27(21)34)29(28-25-18-23(31(37)38)8-10-26(25)33-30(28)36)32-24-7-5-6-20(16-24)19-35-13-3-2-4-14-35/h5-12,15-18,32H,2-4,13-14,19H2,1H3,(H,33,36)(H,37,38)/b29-28-. The molecule has 0 radical (unpaired) electrons. The molecule has 0 atom stereocenters. The van der Waals surface area contributed by atoms with Crippen molar-refractivity contribution in [3.8, 4) is 0 Å². The third-order valence-electron chi connectivity index (χ3n) is 7.49. The highest BCUT2D eigenvalue weighted by atomic mass is 16.4. The fraction of sp³-hybridized carbons (Fsp3) is 0.226. The van der Waals surface area contributed by atoms with Crippen molar-refractivity contribution in [3.05, 3.63) is 95.2 Å². The van der Waals surface area contributed by atoms with Crippen LogP contribution in [0.25, 0.3) is 22.2 Å². The number of aromatic nitrogens is 1. The average molecular weight is 507 g/mol. The minimum absolute atomic E-state index is 0.138. The zero-order valence-electron chi connectivity index (χ0n) is 21.3. The average Bonchev–Trinajstić information content (AvgIpc) is 3.46. The van der Waals surface area contributed by atoms with Crippen LogP contribution in [0.3, 0.4) is 0 Å². The Balaban J connectivity index is 1.46. The molecule has 0 spiro atoms. The minimum atomic E-state index is -1.03. The van der Waals surface area contributed by atoms with Crippen molar-refractivity contribution in [1.82, 2.24) is 9.47 Å². The van der Waals surface area contributed by atoms with Gasteiger partial charge in [-0.15, -0.1) is 0 Å². The number of anilines is 2. The second kappa shape index (κ2) is 9.84. The molecule has 2 aliphatic heterocycles. The quantitative estimate of drug-likeness (QED) is 0.288. The summed E-state index contributed by atoms with van der Waals surface area (Å²) in [5.74, 6) is -1.29. The number of hydrogen-bond acceptors (Lipinski definition) is 4. The number of nitrogens with zero attached hydrogens (tertiary/aromatic N) is 2. The minimum Gasteiger partial charge on any atom is -0.478 e. The molecule has 1 fully saturated rings. The molecule has 1 amide bonds. The molecule has 0 aliphatic carbocycles. The first-order valence-electron chi connectivity index (χ1n) is 13.0. The molecule has 6 rings (SSSR count). The fourth-order valence-electron chi connectivity index (χ4n) is 5.53. The van der Waals surface area contributed by atoms with Crippen LogP contribution in [0.2, 0.25) is 0 Å². The van der Waals surface area contributed by atoms with Crippen LogP contribution in [-0.2, 0) is 18.4 Å². The van der Waals surface area contributed by atoms with Crippen molar-refractivity contribution in [2.75, 3.05) is 23.7 Å². The SMILES string of the molecule is Cn1ccc2cc(/C(Nc3cccc(CN4CCCCC4)c3)=C3/C(=O)Nc4ccc(C(=O)O)cc43)ccc21. The normalized spacial score (nSPS) is 16.8. The zero-order chi connectivity index (χ0) is 26.2. The molecule has 3 heterocycles. The van der Waals surface area contributed by atoms with Crippen molar-refractivity contribution in [3.63, 3.8) is 0 Å². The molecule has 2 aliphatic rings. The molecule has 38 heavy (non-hydrogen) atoms. The lowest BCUT2D eigenvalue weighted by Crippen LogP contribution is -2.29. The summed E-state index contributed by atoms with van der Waals surface area (Å²) in [4.78, 5) is 27.6. The fourth-order valence-corrected chi connectivity index (χ4v) is 5.53. The Kier molecular flexibility index (Phi) is 6.21. The highest BCUT2D eigenvalue weighted by molar-refractivity contribution is 6.37. The van der Waals surface area contributed by atoms with Gasteiger partial charge in [-0.25, -0.2) is 4.79 Å². The number of fused-ring (bicyclic) bond motifs is 2. The third-order valence-corrected chi connectivity index (χ3v) is 7.49. The summed E-state index contributed by atoms with van der Waals surface area (Å²) in [5, 5.41) is 17.1. The van der Waals surface area contributed by atoms with Crippen LogP contribution in [0, 0.1) is 0 Å². The Morgan fingerprint density at radius 2 is 1.79 bits per heavy atom. The smallest absolute Gasteiger partial charge is 0.335 e. The molecular weight excluding hydrogens is 476 g/mol. The second-order valence-electron chi connectivity index (χ2n) is 10.1. The van der Waals surface area contributed by atoms with E-state index in [1.165, 1.54) is 30.9 Å². The molecule has 7 nitrogen and oxygen atoms in total. The van der Waals surface area contributed by atoms with Crippen molar-refractivity contribution < 1.29 is 14.7 Å². The van der Waals surface area contributed by atoms with Gasteiger partial charge in [-0.05, 0) is 85.6 Å². The van der Waals surface area contributed by atoms with Gasteiger partial charge in [0, 0.05) is 47.6 Å². The third kappa shape index (κ3) is 4.57. The number of carbonyl (C=O) groups excluding carboxylic acids is 1. The monoisotopic (exact) mass is 506 g/mol. The molecule has 7 heteroatoms. The van der Waals surface area contributed by atoms with Gasteiger partial charge < -0.3 is 20.3 Å². The topological polar surface area (TPSA) is 86.6 Å². The van der Waals surface area contributed by atoms with E-state index in [0.717, 1.165) is 41.8 Å². The van der Waals surface area contributed by atoms with Gasteiger partial charge in [0.2, 0.25) is 0 Å². The number of likely N-dealkylation sites (tertiary alicyclic amines) is 1. The van der Waals surface area contributed by atoms with Gasteiger partial charge in [0.15, 0.2) is 0 Å².